The van der Waals surface area contributed by atoms with E-state index in [1.165, 1.54) is 61.2 Å². The van der Waals surface area contributed by atoms with Gasteiger partial charge in [-0.25, -0.2) is 0 Å². The summed E-state index contributed by atoms with van der Waals surface area (Å²) in [5, 5.41) is 0. The summed E-state index contributed by atoms with van der Waals surface area (Å²) >= 11 is 0. The van der Waals surface area contributed by atoms with Crippen molar-refractivity contribution >= 4 is 11.6 Å². The van der Waals surface area contributed by atoms with Crippen LogP contribution in [0.15, 0.2) is 59.2 Å². The normalized spacial score (nSPS) is 24.5. The molecule has 4 unspecified atom stereocenters. The van der Waals surface area contributed by atoms with E-state index in [-0.39, 0.29) is 35.2 Å². The van der Waals surface area contributed by atoms with E-state index in [1.54, 1.807) is 0 Å². The second kappa shape index (κ2) is 9.24. The first kappa shape index (κ1) is 26.1. The molecule has 0 saturated carbocycles. The van der Waals surface area contributed by atoms with E-state index >= 15 is 0 Å². The first-order chi connectivity index (χ1) is 20.4. The second-order valence-corrected chi connectivity index (χ2v) is 13.4. The van der Waals surface area contributed by atoms with Crippen LogP contribution >= 0.6 is 0 Å². The zero-order valence-corrected chi connectivity index (χ0v) is 25.6. The Morgan fingerprint density at radius 2 is 1.02 bits per heavy atom. The Labute approximate surface area is 249 Å². The summed E-state index contributed by atoms with van der Waals surface area (Å²) in [6.45, 7) is 11.4. The van der Waals surface area contributed by atoms with E-state index in [9.17, 15) is 9.59 Å². The molecule has 0 saturated heterocycles. The van der Waals surface area contributed by atoms with Gasteiger partial charge >= 0.3 is 0 Å². The molecule has 0 heterocycles. The number of hydrogen-bond donors (Lipinski definition) is 0. The summed E-state index contributed by atoms with van der Waals surface area (Å²) in [6.07, 6.45) is 8.65. The van der Waals surface area contributed by atoms with Crippen molar-refractivity contribution in [3.8, 4) is 0 Å². The zero-order chi connectivity index (χ0) is 29.0. The maximum atomic E-state index is 14.5. The fourth-order valence-electron chi connectivity index (χ4n) is 9.50. The molecule has 0 amide bonds. The Kier molecular flexibility index (Phi) is 5.75. The van der Waals surface area contributed by atoms with Gasteiger partial charge in [0.25, 0.3) is 0 Å². The zero-order valence-electron chi connectivity index (χ0n) is 25.6. The Bertz CT molecular complexity index is 1810. The molecule has 5 aliphatic rings. The van der Waals surface area contributed by atoms with Crippen molar-refractivity contribution in [1.29, 1.82) is 0 Å². The number of Topliss-reactive ketones (excluding diaryl/α,β-unsaturated/α-hetero) is 1. The van der Waals surface area contributed by atoms with E-state index in [0.29, 0.717) is 0 Å². The summed E-state index contributed by atoms with van der Waals surface area (Å²) in [6, 6.07) is 14.0. The van der Waals surface area contributed by atoms with Crippen LogP contribution in [-0.2, 0) is 12.8 Å². The topological polar surface area (TPSA) is 34.1 Å². The average molecular weight is 553 g/mol. The van der Waals surface area contributed by atoms with Crippen LogP contribution in [-0.4, -0.2) is 11.6 Å². The Morgan fingerprint density at radius 1 is 0.548 bits per heavy atom. The summed E-state index contributed by atoms with van der Waals surface area (Å²) in [7, 11) is 0. The fourth-order valence-corrected chi connectivity index (χ4v) is 9.50. The standard InChI is InChI=1S/C40H40O2/c1-6-24-20(5)12-32-26(8-3)34-18-30-22-13-23-16-38-35(19-31(23)25(30)7-2)27(9-4)33-17-29(24)21(14-36(33)40(38)42)10-11-28(32)39(41)37(34)15-22/h12,14-19,24-27H,6-11,13H2,1-5H3. The maximum absolute atomic E-state index is 14.5. The van der Waals surface area contributed by atoms with Gasteiger partial charge in [0.2, 0.25) is 0 Å². The van der Waals surface area contributed by atoms with Crippen LogP contribution in [0.3, 0.4) is 0 Å². The summed E-state index contributed by atoms with van der Waals surface area (Å²) in [5.74, 6) is 1.40. The highest BCUT2D eigenvalue weighted by Crippen LogP contribution is 2.51. The van der Waals surface area contributed by atoms with Gasteiger partial charge in [-0.05, 0) is 126 Å². The number of fused-ring (bicyclic) bond motifs is 1. The quantitative estimate of drug-likeness (QED) is 0.323. The molecular formula is C40H40O2. The molecule has 0 aliphatic heterocycles. The molecule has 0 spiro atoms. The lowest BCUT2D eigenvalue weighted by atomic mass is 9.67. The fraction of sp³-hybridized carbons (Fsp3) is 0.400. The minimum atomic E-state index is 0.183. The van der Waals surface area contributed by atoms with Crippen molar-refractivity contribution in [2.75, 3.05) is 0 Å². The third kappa shape index (κ3) is 3.33. The van der Waals surface area contributed by atoms with E-state index < -0.39 is 0 Å². The second-order valence-electron chi connectivity index (χ2n) is 13.4. The molecule has 8 rings (SSSR count). The molecule has 0 N–H and O–H groups in total. The number of ketones is 2. The summed E-state index contributed by atoms with van der Waals surface area (Å²) in [5.41, 5.74) is 17.9. The van der Waals surface area contributed by atoms with Crippen LogP contribution in [0.5, 0.6) is 0 Å². The molecule has 0 aromatic heterocycles. The maximum Gasteiger partial charge on any atom is 0.193 e. The van der Waals surface area contributed by atoms with Crippen LogP contribution in [0, 0.1) is 0 Å². The SMILES string of the molecule is CCC1C(C)=CC2=C3CCc4cc5c(cc41)C(CC)c1cc4c(cc1C5=O)Cc1cc(c(cc1C4CC)C2CC)C3=O. The number of benzene rings is 3. The summed E-state index contributed by atoms with van der Waals surface area (Å²) in [4.78, 5) is 28.8. The number of carbonyl (C=O) groups excluding carboxylic acids is 2. The lowest BCUT2D eigenvalue weighted by molar-refractivity contribution is 0.102. The molecule has 42 heavy (non-hydrogen) atoms. The molecule has 4 atom stereocenters. The first-order valence-corrected chi connectivity index (χ1v) is 16.4. The Balaban J connectivity index is 1.54. The van der Waals surface area contributed by atoms with Crippen molar-refractivity contribution < 1.29 is 9.59 Å². The average Bonchev–Trinajstić information content (AvgIpc) is 3.04. The van der Waals surface area contributed by atoms with Gasteiger partial charge in [0.1, 0.15) is 0 Å². The van der Waals surface area contributed by atoms with E-state index in [2.05, 4.69) is 77.1 Å². The minimum Gasteiger partial charge on any atom is -0.289 e. The van der Waals surface area contributed by atoms with Crippen molar-refractivity contribution in [3.05, 3.63) is 126 Å². The third-order valence-corrected chi connectivity index (χ3v) is 11.5. The molecule has 0 fully saturated rings. The van der Waals surface area contributed by atoms with Gasteiger partial charge in [-0.2, -0.15) is 0 Å². The molecule has 2 nitrogen and oxygen atoms in total. The number of hydrogen-bond acceptors (Lipinski definition) is 2. The smallest absolute Gasteiger partial charge is 0.193 e. The molecule has 3 aromatic carbocycles. The van der Waals surface area contributed by atoms with Gasteiger partial charge in [-0.3, -0.25) is 9.59 Å². The molecule has 2 heteroatoms. The van der Waals surface area contributed by atoms with Gasteiger partial charge in [-0.1, -0.05) is 57.5 Å². The van der Waals surface area contributed by atoms with Crippen molar-refractivity contribution in [3.63, 3.8) is 0 Å². The van der Waals surface area contributed by atoms with Crippen LogP contribution in [0.1, 0.15) is 167 Å². The highest BCUT2D eigenvalue weighted by molar-refractivity contribution is 6.14. The molecule has 0 radical (unpaired) electrons. The van der Waals surface area contributed by atoms with Gasteiger partial charge in [0.15, 0.2) is 11.6 Å². The van der Waals surface area contributed by atoms with E-state index in [4.69, 9.17) is 0 Å². The number of rotatable bonds is 4. The Morgan fingerprint density at radius 3 is 1.60 bits per heavy atom. The lowest BCUT2D eigenvalue weighted by Crippen LogP contribution is -2.25. The first-order valence-electron chi connectivity index (χ1n) is 16.4. The summed E-state index contributed by atoms with van der Waals surface area (Å²) < 4.78 is 0. The highest BCUT2D eigenvalue weighted by atomic mass is 16.1. The number of allylic oxidation sites excluding steroid dienone is 4. The van der Waals surface area contributed by atoms with Crippen LogP contribution in [0.4, 0.5) is 0 Å². The predicted molar refractivity (Wildman–Crippen MR) is 169 cm³/mol. The molecule has 212 valence electrons. The van der Waals surface area contributed by atoms with Crippen molar-refractivity contribution in [2.45, 2.75) is 103 Å². The van der Waals surface area contributed by atoms with E-state index in [0.717, 1.165) is 67.2 Å². The largest absolute Gasteiger partial charge is 0.289 e. The molecular weight excluding hydrogens is 512 g/mol. The number of aryl methyl sites for hydroxylation is 1. The van der Waals surface area contributed by atoms with Crippen molar-refractivity contribution in [2.24, 2.45) is 0 Å². The van der Waals surface area contributed by atoms with Crippen LogP contribution < -0.4 is 0 Å². The van der Waals surface area contributed by atoms with Crippen LogP contribution in [0.25, 0.3) is 0 Å². The third-order valence-electron chi connectivity index (χ3n) is 11.5. The molecule has 7 bridgehead atoms. The molecule has 5 aliphatic carbocycles. The minimum absolute atomic E-state index is 0.183. The predicted octanol–water partition coefficient (Wildman–Crippen LogP) is 9.61. The van der Waals surface area contributed by atoms with Gasteiger partial charge in [-0.15, -0.1) is 0 Å². The lowest BCUT2D eigenvalue weighted by Gasteiger charge is -2.36. The number of carbonyl (C=O) groups is 2. The highest BCUT2D eigenvalue weighted by Gasteiger charge is 2.39. The van der Waals surface area contributed by atoms with E-state index in [1.807, 2.05) is 0 Å². The van der Waals surface area contributed by atoms with Crippen molar-refractivity contribution in [1.82, 2.24) is 0 Å². The van der Waals surface area contributed by atoms with Gasteiger partial charge in [0, 0.05) is 45.9 Å². The van der Waals surface area contributed by atoms with Gasteiger partial charge in [0.05, 0.1) is 0 Å². The van der Waals surface area contributed by atoms with Gasteiger partial charge < -0.3 is 0 Å². The molecule has 3 aromatic rings. The van der Waals surface area contributed by atoms with Crippen LogP contribution in [0.2, 0.25) is 0 Å². The Hall–Kier alpha value is -3.52. The monoisotopic (exact) mass is 552 g/mol.